The van der Waals surface area contributed by atoms with Gasteiger partial charge in [-0.15, -0.1) is 0 Å². The molecular weight excluding hydrogens is 629 g/mol. The summed E-state index contributed by atoms with van der Waals surface area (Å²) in [6, 6.07) is 11.1. The van der Waals surface area contributed by atoms with Crippen LogP contribution in [0.3, 0.4) is 0 Å². The van der Waals surface area contributed by atoms with Gasteiger partial charge < -0.3 is 25.2 Å². The van der Waals surface area contributed by atoms with Crippen molar-refractivity contribution in [2.45, 2.75) is 38.1 Å². The van der Waals surface area contributed by atoms with Crippen molar-refractivity contribution in [2.24, 2.45) is 0 Å². The molecule has 0 unspecified atom stereocenters. The van der Waals surface area contributed by atoms with Gasteiger partial charge in [0.15, 0.2) is 6.29 Å². The van der Waals surface area contributed by atoms with Gasteiger partial charge in [0.2, 0.25) is 5.95 Å². The lowest BCUT2D eigenvalue weighted by atomic mass is 10.0. The predicted molar refractivity (Wildman–Crippen MR) is 172 cm³/mol. The summed E-state index contributed by atoms with van der Waals surface area (Å²) in [5.41, 5.74) is 5.92. The number of aryl methyl sites for hydroxylation is 1. The molecule has 1 aromatic heterocycles. The summed E-state index contributed by atoms with van der Waals surface area (Å²) in [5, 5.41) is 6.73. The molecule has 2 N–H and O–H groups in total. The first-order valence-electron chi connectivity index (χ1n) is 14.5. The van der Waals surface area contributed by atoms with Crippen LogP contribution in [0.5, 0.6) is 5.75 Å². The lowest BCUT2D eigenvalue weighted by Crippen LogP contribution is -2.52. The zero-order valence-corrected chi connectivity index (χ0v) is 26.0. The van der Waals surface area contributed by atoms with E-state index in [1.165, 1.54) is 50.3 Å². The number of aromatic nitrogens is 2. The van der Waals surface area contributed by atoms with Crippen LogP contribution < -0.4 is 20.3 Å². The summed E-state index contributed by atoms with van der Waals surface area (Å²) in [7, 11) is 3.91. The van der Waals surface area contributed by atoms with Crippen LogP contribution in [0.1, 0.15) is 40.7 Å². The van der Waals surface area contributed by atoms with Crippen molar-refractivity contribution >= 4 is 57.7 Å². The van der Waals surface area contributed by atoms with Gasteiger partial charge in [0.1, 0.15) is 11.6 Å². The monoisotopic (exact) mass is 667 g/mol. The van der Waals surface area contributed by atoms with Gasteiger partial charge in [-0.2, -0.15) is 4.98 Å². The maximum Gasteiger partial charge on any atom is 0.229 e. The summed E-state index contributed by atoms with van der Waals surface area (Å²) in [4.78, 5) is 28.8. The van der Waals surface area contributed by atoms with Crippen molar-refractivity contribution in [3.05, 3.63) is 56.8 Å². The van der Waals surface area contributed by atoms with Crippen molar-refractivity contribution in [1.29, 1.82) is 0 Å². The van der Waals surface area contributed by atoms with Crippen molar-refractivity contribution in [3.8, 4) is 5.75 Å². The van der Waals surface area contributed by atoms with Crippen LogP contribution in [-0.4, -0.2) is 85.5 Å². The molecule has 10 heteroatoms. The number of fused-ring (bicyclic) bond motifs is 1. The Morgan fingerprint density at radius 1 is 1.00 bits per heavy atom. The van der Waals surface area contributed by atoms with Crippen molar-refractivity contribution in [2.75, 3.05) is 69.0 Å². The Morgan fingerprint density at radius 2 is 1.78 bits per heavy atom. The van der Waals surface area contributed by atoms with E-state index in [1.54, 1.807) is 13.3 Å². The van der Waals surface area contributed by atoms with Gasteiger partial charge in [-0.1, -0.05) is 6.07 Å². The van der Waals surface area contributed by atoms with E-state index in [2.05, 4.69) is 78.2 Å². The number of carbonyl (C=O) groups is 1. The number of methoxy groups -OCH3 is 1. The molecule has 3 aromatic rings. The molecule has 0 bridgehead atoms. The average Bonchev–Trinajstić information content (AvgIpc) is 3.48. The van der Waals surface area contributed by atoms with E-state index >= 15 is 0 Å². The Hall–Kier alpha value is -2.96. The van der Waals surface area contributed by atoms with E-state index in [0.29, 0.717) is 17.8 Å². The first-order valence-corrected chi connectivity index (χ1v) is 15.6. The molecule has 1 aliphatic carbocycles. The number of rotatable bonds is 8. The second-order valence-corrected chi connectivity index (χ2v) is 12.4. The fourth-order valence-corrected chi connectivity index (χ4v) is 6.75. The number of ether oxygens (including phenoxy) is 1. The van der Waals surface area contributed by atoms with Gasteiger partial charge in [-0.25, -0.2) is 4.98 Å². The number of halogens is 1. The number of carbonyl (C=O) groups excluding carboxylic acids is 1. The fourth-order valence-electron chi connectivity index (χ4n) is 6.36. The number of anilines is 5. The molecule has 2 aliphatic heterocycles. The van der Waals surface area contributed by atoms with Gasteiger partial charge in [-0.05, 0) is 91.1 Å². The van der Waals surface area contributed by atoms with Crippen molar-refractivity contribution in [1.82, 2.24) is 19.8 Å². The summed E-state index contributed by atoms with van der Waals surface area (Å²) >= 11 is 2.22. The highest BCUT2D eigenvalue weighted by Gasteiger charge is 2.27. The van der Waals surface area contributed by atoms with E-state index in [-0.39, 0.29) is 0 Å². The number of piperidine rings is 1. The Labute approximate surface area is 255 Å². The normalized spacial score (nSPS) is 18.3. The molecule has 9 nitrogen and oxygen atoms in total. The number of hydrogen-bond donors (Lipinski definition) is 2. The quantitative estimate of drug-likeness (QED) is 0.252. The number of piperazine rings is 1. The summed E-state index contributed by atoms with van der Waals surface area (Å²) in [5.74, 6) is 1.87. The minimum Gasteiger partial charge on any atom is -0.494 e. The topological polar surface area (TPSA) is 85.9 Å². The maximum atomic E-state index is 12.0. The number of benzene rings is 2. The van der Waals surface area contributed by atoms with E-state index in [9.17, 15) is 4.79 Å². The third-order valence-electron chi connectivity index (χ3n) is 8.76. The molecule has 3 aliphatic rings. The molecule has 216 valence electrons. The molecule has 0 amide bonds. The van der Waals surface area contributed by atoms with Crippen molar-refractivity contribution < 1.29 is 9.53 Å². The van der Waals surface area contributed by atoms with Crippen LogP contribution in [0.15, 0.2) is 36.5 Å². The molecule has 0 saturated carbocycles. The van der Waals surface area contributed by atoms with E-state index in [0.717, 1.165) is 70.5 Å². The number of nitrogens with zero attached hydrogens (tertiary/aromatic N) is 5. The SMILES string of the molecule is COc1cc(N2CCC(N3CCN(C)CC3)CC2)ccc1Nc1ncc(I)c(Nc2ccc3c(c2C=O)CCC3)n1. The van der Waals surface area contributed by atoms with Crippen LogP contribution >= 0.6 is 22.6 Å². The van der Waals surface area contributed by atoms with Gasteiger partial charge >= 0.3 is 0 Å². The second kappa shape index (κ2) is 12.5. The van der Waals surface area contributed by atoms with Crippen LogP contribution in [0.25, 0.3) is 0 Å². The van der Waals surface area contributed by atoms with Gasteiger partial charge in [-0.3, -0.25) is 9.69 Å². The molecule has 0 spiro atoms. The summed E-state index contributed by atoms with van der Waals surface area (Å²) < 4.78 is 6.65. The van der Waals surface area contributed by atoms with Gasteiger partial charge in [0.25, 0.3) is 0 Å². The standard InChI is InChI=1S/C31H38IN7O2/c1-37-14-16-39(17-15-37)22-10-12-38(13-11-22)23-7-9-28(29(18-23)41-2)35-31-33-19-26(32)30(36-31)34-27-8-6-21-4-3-5-24(21)25(27)20-40/h6-9,18-20,22H,3-5,10-17H2,1-2H3,(H2,33,34,35,36). The Balaban J connectivity index is 1.14. The lowest BCUT2D eigenvalue weighted by Gasteiger charge is -2.42. The Kier molecular flexibility index (Phi) is 8.59. The van der Waals surface area contributed by atoms with Crippen molar-refractivity contribution in [3.63, 3.8) is 0 Å². The van der Waals surface area contributed by atoms with E-state index in [1.807, 2.05) is 12.1 Å². The zero-order chi connectivity index (χ0) is 28.3. The summed E-state index contributed by atoms with van der Waals surface area (Å²) in [6.07, 6.45) is 8.18. The lowest BCUT2D eigenvalue weighted by molar-refractivity contribution is 0.0982. The molecule has 3 heterocycles. The van der Waals surface area contributed by atoms with Crippen LogP contribution in [0.4, 0.5) is 28.8 Å². The molecule has 2 fully saturated rings. The predicted octanol–water partition coefficient (Wildman–Crippen LogP) is 5.09. The molecule has 0 atom stereocenters. The molecule has 2 saturated heterocycles. The number of aldehydes is 1. The largest absolute Gasteiger partial charge is 0.494 e. The number of hydrogen-bond acceptors (Lipinski definition) is 9. The Morgan fingerprint density at radius 3 is 2.54 bits per heavy atom. The third kappa shape index (κ3) is 6.14. The Bertz CT molecular complexity index is 1400. The van der Waals surface area contributed by atoms with Gasteiger partial charge in [0.05, 0.1) is 22.1 Å². The highest BCUT2D eigenvalue weighted by atomic mass is 127. The molecule has 0 radical (unpaired) electrons. The minimum atomic E-state index is 0.459. The van der Waals surface area contributed by atoms with E-state index in [4.69, 9.17) is 9.72 Å². The van der Waals surface area contributed by atoms with E-state index < -0.39 is 0 Å². The summed E-state index contributed by atoms with van der Waals surface area (Å²) in [6.45, 7) is 6.79. The zero-order valence-electron chi connectivity index (χ0n) is 23.8. The first-order chi connectivity index (χ1) is 20.0. The molecule has 41 heavy (non-hydrogen) atoms. The van der Waals surface area contributed by atoms with Crippen LogP contribution in [-0.2, 0) is 12.8 Å². The average molecular weight is 668 g/mol. The van der Waals surface area contributed by atoms with Crippen LogP contribution in [0, 0.1) is 3.57 Å². The number of nitrogens with one attached hydrogen (secondary N) is 2. The highest BCUT2D eigenvalue weighted by molar-refractivity contribution is 14.1. The maximum absolute atomic E-state index is 12.0. The third-order valence-corrected chi connectivity index (χ3v) is 9.55. The van der Waals surface area contributed by atoms with Crippen LogP contribution in [0.2, 0.25) is 0 Å². The van der Waals surface area contributed by atoms with Gasteiger partial charge in [0, 0.05) is 68.8 Å². The second-order valence-electron chi connectivity index (χ2n) is 11.2. The minimum absolute atomic E-state index is 0.459. The molecule has 2 aromatic carbocycles. The molecular formula is C31H38IN7O2. The smallest absolute Gasteiger partial charge is 0.229 e. The number of likely N-dealkylation sites (N-methyl/N-ethyl adjacent to an activating group) is 1. The first kappa shape index (κ1) is 28.2. The highest BCUT2D eigenvalue weighted by Crippen LogP contribution is 2.35. The fraction of sp³-hybridized carbons (Fsp3) is 0.452. The molecule has 6 rings (SSSR count).